The van der Waals surface area contributed by atoms with Crippen LogP contribution in [0.2, 0.25) is 0 Å². The first kappa shape index (κ1) is 38.3. The Bertz CT molecular complexity index is 1340. The van der Waals surface area contributed by atoms with E-state index in [1.165, 1.54) is 26.2 Å². The minimum absolute atomic E-state index is 0.147. The third-order valence-corrected chi connectivity index (χ3v) is 8.50. The van der Waals surface area contributed by atoms with Crippen LogP contribution in [0.1, 0.15) is 72.8 Å². The Hall–Kier alpha value is -3.10. The van der Waals surface area contributed by atoms with E-state index in [4.69, 9.17) is 18.5 Å². The van der Waals surface area contributed by atoms with Crippen LogP contribution in [-0.4, -0.2) is 125 Å². The van der Waals surface area contributed by atoms with Crippen molar-refractivity contribution >= 4 is 5.91 Å². The molecule has 0 bridgehead atoms. The molecular formula is C34H57N7O6. The highest BCUT2D eigenvalue weighted by Crippen LogP contribution is 2.15. The Morgan fingerprint density at radius 2 is 1.11 bits per heavy atom. The van der Waals surface area contributed by atoms with Crippen LogP contribution in [0.4, 0.5) is 0 Å². The zero-order valence-electron chi connectivity index (χ0n) is 29.9. The van der Waals surface area contributed by atoms with E-state index in [0.29, 0.717) is 24.6 Å². The molecule has 1 amide bonds. The van der Waals surface area contributed by atoms with Crippen LogP contribution in [-0.2, 0) is 48.2 Å². The summed E-state index contributed by atoms with van der Waals surface area (Å²) in [5.74, 6) is 4.89. The van der Waals surface area contributed by atoms with Crippen molar-refractivity contribution in [1.82, 2.24) is 34.6 Å². The number of aromatic nitrogens is 3. The number of aryl methyl sites for hydroxylation is 6. The molecule has 0 aliphatic carbocycles. The largest absolute Gasteiger partial charge is 0.446 e. The van der Waals surface area contributed by atoms with Gasteiger partial charge in [-0.25, -0.2) is 19.8 Å². The fourth-order valence-corrected chi connectivity index (χ4v) is 5.67. The van der Waals surface area contributed by atoms with Crippen LogP contribution >= 0.6 is 0 Å². The lowest BCUT2D eigenvalue weighted by atomic mass is 10.2. The van der Waals surface area contributed by atoms with Gasteiger partial charge in [-0.15, -0.1) is 0 Å². The molecule has 0 aromatic carbocycles. The Kier molecular flexibility index (Phi) is 16.0. The smallest absolute Gasteiger partial charge is 0.230 e. The maximum absolute atomic E-state index is 12.2. The van der Waals surface area contributed by atoms with Gasteiger partial charge in [0.15, 0.2) is 17.7 Å². The highest BCUT2D eigenvalue weighted by molar-refractivity contribution is 5.78. The highest BCUT2D eigenvalue weighted by Gasteiger charge is 2.22. The molecule has 47 heavy (non-hydrogen) atoms. The van der Waals surface area contributed by atoms with Crippen LogP contribution in [0, 0.1) is 20.8 Å². The number of piperazine rings is 2. The van der Waals surface area contributed by atoms with Crippen molar-refractivity contribution in [3.8, 4) is 0 Å². The molecule has 5 rings (SSSR count). The van der Waals surface area contributed by atoms with Gasteiger partial charge in [0.05, 0.1) is 30.1 Å². The second kappa shape index (κ2) is 19.7. The third kappa shape index (κ3) is 12.5. The van der Waals surface area contributed by atoms with E-state index in [9.17, 15) is 4.79 Å². The molecule has 0 radical (unpaired) electrons. The highest BCUT2D eigenvalue weighted by atomic mass is 17.1. The Labute approximate surface area is 280 Å². The van der Waals surface area contributed by atoms with E-state index in [0.717, 1.165) is 98.7 Å². The van der Waals surface area contributed by atoms with Crippen molar-refractivity contribution in [3.05, 3.63) is 52.0 Å². The minimum atomic E-state index is 0.147. The van der Waals surface area contributed by atoms with Crippen molar-refractivity contribution in [2.45, 2.75) is 80.1 Å². The molecule has 5 heterocycles. The summed E-state index contributed by atoms with van der Waals surface area (Å²) in [5.41, 5.74) is 3.00. The summed E-state index contributed by atoms with van der Waals surface area (Å²) in [6.45, 7) is 21.3. The third-order valence-electron chi connectivity index (χ3n) is 8.50. The fourth-order valence-electron chi connectivity index (χ4n) is 5.67. The zero-order chi connectivity index (χ0) is 34.3. The molecule has 0 atom stereocenters. The summed E-state index contributed by atoms with van der Waals surface area (Å²) < 4.78 is 16.5. The van der Waals surface area contributed by atoms with Crippen LogP contribution < -0.4 is 0 Å². The topological polar surface area (TPSA) is 138 Å². The summed E-state index contributed by atoms with van der Waals surface area (Å²) in [5, 5.41) is 8.14. The zero-order valence-corrected chi connectivity index (χ0v) is 29.9. The first-order valence-corrected chi connectivity index (χ1v) is 17.1. The fraction of sp³-hybridized carbons (Fsp3) is 0.706. The first-order chi connectivity index (χ1) is 22.6. The average Bonchev–Trinajstić information content (AvgIpc) is 3.74. The SMILES string of the molecule is CCc1nc(C)oc1CC(=O)N1CCN(C)CC1.CCc1nc(C)oc1CCN1CCN(C)CC1.CCc1nc(C)oc1CCOO. The van der Waals surface area contributed by atoms with Gasteiger partial charge in [-0.1, -0.05) is 20.8 Å². The summed E-state index contributed by atoms with van der Waals surface area (Å²) in [7, 11) is 4.27. The Balaban J connectivity index is 0.000000196. The number of likely N-dealkylation sites (N-methyl/N-ethyl adjacent to an activating group) is 2. The van der Waals surface area contributed by atoms with E-state index < -0.39 is 0 Å². The maximum atomic E-state index is 12.2. The maximum Gasteiger partial charge on any atom is 0.230 e. The average molecular weight is 660 g/mol. The molecule has 0 unspecified atom stereocenters. The normalized spacial score (nSPS) is 16.1. The lowest BCUT2D eigenvalue weighted by Gasteiger charge is -2.32. The van der Waals surface area contributed by atoms with E-state index in [2.05, 4.69) is 55.6 Å². The van der Waals surface area contributed by atoms with Crippen molar-refractivity contribution in [3.63, 3.8) is 0 Å². The van der Waals surface area contributed by atoms with Gasteiger partial charge in [0.2, 0.25) is 5.91 Å². The second-order valence-corrected chi connectivity index (χ2v) is 12.2. The van der Waals surface area contributed by atoms with E-state index in [-0.39, 0.29) is 12.5 Å². The molecule has 3 aromatic rings. The molecule has 13 nitrogen and oxygen atoms in total. The molecule has 1 N–H and O–H groups in total. The number of oxazole rings is 3. The van der Waals surface area contributed by atoms with Gasteiger partial charge in [0, 0.05) is 92.5 Å². The predicted molar refractivity (Wildman–Crippen MR) is 180 cm³/mol. The molecule has 2 saturated heterocycles. The molecule has 2 fully saturated rings. The van der Waals surface area contributed by atoms with Crippen LogP contribution in [0.15, 0.2) is 13.3 Å². The van der Waals surface area contributed by atoms with E-state index in [1.807, 2.05) is 39.5 Å². The number of hydrogen-bond acceptors (Lipinski definition) is 12. The van der Waals surface area contributed by atoms with Gasteiger partial charge in [-0.2, -0.15) is 0 Å². The minimum Gasteiger partial charge on any atom is -0.446 e. The Morgan fingerprint density at radius 1 is 0.681 bits per heavy atom. The van der Waals surface area contributed by atoms with Gasteiger partial charge in [0.25, 0.3) is 0 Å². The molecule has 13 heteroatoms. The van der Waals surface area contributed by atoms with Crippen LogP contribution in [0.3, 0.4) is 0 Å². The summed E-state index contributed by atoms with van der Waals surface area (Å²) >= 11 is 0. The second-order valence-electron chi connectivity index (χ2n) is 12.2. The summed E-state index contributed by atoms with van der Waals surface area (Å²) in [6.07, 6.45) is 4.53. The van der Waals surface area contributed by atoms with Gasteiger partial charge < -0.3 is 32.9 Å². The number of rotatable bonds is 11. The molecule has 2 aliphatic rings. The van der Waals surface area contributed by atoms with Crippen molar-refractivity contribution < 1.29 is 28.2 Å². The first-order valence-electron chi connectivity index (χ1n) is 17.1. The van der Waals surface area contributed by atoms with Crippen LogP contribution in [0.25, 0.3) is 0 Å². The van der Waals surface area contributed by atoms with Crippen molar-refractivity contribution in [2.75, 3.05) is 79.6 Å². The number of carbonyl (C=O) groups is 1. The lowest BCUT2D eigenvalue weighted by Crippen LogP contribution is -2.47. The van der Waals surface area contributed by atoms with Crippen molar-refractivity contribution in [2.24, 2.45) is 0 Å². The van der Waals surface area contributed by atoms with Gasteiger partial charge in [0.1, 0.15) is 17.3 Å². The van der Waals surface area contributed by atoms with E-state index >= 15 is 0 Å². The van der Waals surface area contributed by atoms with Gasteiger partial charge in [-0.05, 0) is 33.4 Å². The molecule has 0 saturated carbocycles. The molecule has 3 aromatic heterocycles. The number of amides is 1. The summed E-state index contributed by atoms with van der Waals surface area (Å²) in [6, 6.07) is 0. The van der Waals surface area contributed by atoms with Gasteiger partial charge >= 0.3 is 0 Å². The molecule has 2 aliphatic heterocycles. The number of hydrogen-bond donors (Lipinski definition) is 1. The standard InChI is InChI=1S/C13H21N3O2.C13H23N3O.C8H13NO3/c1-4-11-12(18-10(2)14-11)9-13(17)16-7-5-15(3)6-8-16;1-4-12-13(17-11(2)14-12)5-6-16-9-7-15(3)8-10-16;1-3-7-8(4-5-11-10)12-6(2)9-7/h4-9H2,1-3H3;4-10H2,1-3H3;10H,3-5H2,1-2H3. The molecule has 264 valence electrons. The molecule has 0 spiro atoms. The van der Waals surface area contributed by atoms with Crippen molar-refractivity contribution in [1.29, 1.82) is 0 Å². The quantitative estimate of drug-likeness (QED) is 0.237. The number of nitrogens with zero attached hydrogens (tertiary/aromatic N) is 7. The predicted octanol–water partition coefficient (Wildman–Crippen LogP) is 3.77. The summed E-state index contributed by atoms with van der Waals surface area (Å²) in [4.78, 5) is 38.1. The number of carbonyl (C=O) groups excluding carboxylic acids is 1. The monoisotopic (exact) mass is 659 g/mol. The van der Waals surface area contributed by atoms with E-state index in [1.54, 1.807) is 0 Å². The van der Waals surface area contributed by atoms with Crippen LogP contribution in [0.5, 0.6) is 0 Å². The molecular weight excluding hydrogens is 602 g/mol. The lowest BCUT2D eigenvalue weighted by molar-refractivity contribution is -0.241. The Morgan fingerprint density at radius 3 is 1.57 bits per heavy atom. The van der Waals surface area contributed by atoms with Gasteiger partial charge in [-0.3, -0.25) is 10.1 Å².